The Labute approximate surface area is 235 Å². The lowest BCUT2D eigenvalue weighted by atomic mass is 10.0. The molecule has 0 saturated carbocycles. The number of rotatable bonds is 2. The van der Waals surface area contributed by atoms with E-state index < -0.39 is 61.3 Å². The van der Waals surface area contributed by atoms with Crippen LogP contribution in [0.5, 0.6) is 0 Å². The molecule has 3 unspecified atom stereocenters. The highest BCUT2D eigenvalue weighted by Gasteiger charge is 2.50. The summed E-state index contributed by atoms with van der Waals surface area (Å²) in [4.78, 5) is 35.2. The van der Waals surface area contributed by atoms with Crippen LogP contribution >= 0.6 is 28.8 Å². The lowest BCUT2D eigenvalue weighted by Crippen LogP contribution is -2.34. The number of nitrogens with zero attached hydrogens (tertiary/aromatic N) is 7. The van der Waals surface area contributed by atoms with Crippen molar-refractivity contribution in [3.05, 3.63) is 29.3 Å². The first-order chi connectivity index (χ1) is 19.8. The van der Waals surface area contributed by atoms with E-state index in [1.165, 1.54) is 28.1 Å². The number of nitrogens with two attached hydrogens (primary N) is 2. The zero-order valence-electron chi connectivity index (χ0n) is 20.7. The maximum absolute atomic E-state index is 15.9. The fraction of sp³-hybridized carbons (Fsp3) is 0.500. The number of anilines is 2. The number of fused-ring (bicyclic) bond motifs is 5. The number of halogens is 1. The Balaban J connectivity index is 1.14. The molecule has 0 aromatic carbocycles. The summed E-state index contributed by atoms with van der Waals surface area (Å²) in [5.41, 5.74) is 11.1. The smallest absolute Gasteiger partial charge is 0.319 e. The average molecular weight is 628 g/mol. The minimum Gasteiger partial charge on any atom is -0.387 e. The summed E-state index contributed by atoms with van der Waals surface area (Å²) < 4.78 is 55.1. The van der Waals surface area contributed by atoms with Crippen LogP contribution in [-0.4, -0.2) is 86.8 Å². The summed E-state index contributed by atoms with van der Waals surface area (Å²) in [5, 5.41) is 10.3. The highest BCUT2D eigenvalue weighted by atomic mass is 32.2. The SMILES string of the molecule is Nc1nc2c(ncn2[C@@H]2SC3OPC[C@H]4[C@H](F)[C@H](n5cnc6c(N)ncnc65)O[C@@H]4CO[PH](=O)O[C@@H]2[C@@H]3O)c(=O)[nH]1. The van der Waals surface area contributed by atoms with Gasteiger partial charge in [0.25, 0.3) is 5.56 Å². The van der Waals surface area contributed by atoms with Crippen LogP contribution in [0.4, 0.5) is 16.2 Å². The Hall–Kier alpha value is -2.76. The van der Waals surface area contributed by atoms with Gasteiger partial charge in [0, 0.05) is 14.7 Å². The molecule has 21 heteroatoms. The number of hydrogen-bond acceptors (Lipinski definition) is 15. The van der Waals surface area contributed by atoms with Gasteiger partial charge in [-0.3, -0.25) is 23.5 Å². The summed E-state index contributed by atoms with van der Waals surface area (Å²) in [6.07, 6.45) is -1.49. The number of aromatic nitrogens is 8. The van der Waals surface area contributed by atoms with Crippen molar-refractivity contribution < 1.29 is 32.4 Å². The third-order valence-electron chi connectivity index (χ3n) is 7.15. The van der Waals surface area contributed by atoms with E-state index in [1.54, 1.807) is 0 Å². The highest BCUT2D eigenvalue weighted by Crippen LogP contribution is 2.51. The number of nitrogens with one attached hydrogen (secondary N) is 1. The Morgan fingerprint density at radius 2 is 1.98 bits per heavy atom. The molecule has 218 valence electrons. The highest BCUT2D eigenvalue weighted by molar-refractivity contribution is 8.00. The van der Waals surface area contributed by atoms with Gasteiger partial charge in [0.05, 0.1) is 25.4 Å². The molecule has 3 fully saturated rings. The molecule has 3 aliphatic heterocycles. The molecule has 4 aromatic rings. The lowest BCUT2D eigenvalue weighted by Gasteiger charge is -2.24. The van der Waals surface area contributed by atoms with Crippen molar-refractivity contribution in [2.75, 3.05) is 24.2 Å². The first kappa shape index (κ1) is 27.1. The Morgan fingerprint density at radius 1 is 1.17 bits per heavy atom. The summed E-state index contributed by atoms with van der Waals surface area (Å²) in [6.45, 7) is -0.237. The predicted molar refractivity (Wildman–Crippen MR) is 145 cm³/mol. The van der Waals surface area contributed by atoms with Crippen LogP contribution in [0.3, 0.4) is 0 Å². The number of alkyl halides is 1. The van der Waals surface area contributed by atoms with Crippen molar-refractivity contribution >= 4 is 62.9 Å². The summed E-state index contributed by atoms with van der Waals surface area (Å²) in [5.74, 6) is -0.662. The van der Waals surface area contributed by atoms with Gasteiger partial charge in [-0.05, 0) is 6.16 Å². The number of aliphatic hydroxyl groups excluding tert-OH is 1. The molecule has 41 heavy (non-hydrogen) atoms. The quantitative estimate of drug-likeness (QED) is 0.219. The van der Waals surface area contributed by atoms with Crippen LogP contribution in [-0.2, 0) is 22.9 Å². The predicted octanol–water partition coefficient (Wildman–Crippen LogP) is 0.323. The van der Waals surface area contributed by atoms with Crippen molar-refractivity contribution in [2.45, 2.75) is 41.5 Å². The second-order valence-corrected chi connectivity index (χ2v) is 12.7. The van der Waals surface area contributed by atoms with Crippen LogP contribution in [0.1, 0.15) is 11.6 Å². The van der Waals surface area contributed by atoms with Gasteiger partial charge in [0.15, 0.2) is 35.0 Å². The monoisotopic (exact) mass is 628 g/mol. The normalized spacial score (nSPS) is 35.0. The topological polar surface area (TPSA) is 233 Å². The number of hydrogen-bond donors (Lipinski definition) is 4. The Morgan fingerprint density at radius 3 is 2.83 bits per heavy atom. The zero-order chi connectivity index (χ0) is 28.4. The fourth-order valence-corrected chi connectivity index (χ4v) is 8.88. The van der Waals surface area contributed by atoms with Crippen molar-refractivity contribution in [3.8, 4) is 0 Å². The van der Waals surface area contributed by atoms with Crippen molar-refractivity contribution in [2.24, 2.45) is 5.92 Å². The molecule has 0 aliphatic carbocycles. The second kappa shape index (κ2) is 10.5. The van der Waals surface area contributed by atoms with Gasteiger partial charge >= 0.3 is 8.25 Å². The van der Waals surface area contributed by atoms with Crippen molar-refractivity contribution in [1.29, 1.82) is 0 Å². The molecule has 3 aliphatic rings. The Kier molecular flexibility index (Phi) is 6.94. The summed E-state index contributed by atoms with van der Waals surface area (Å²) >= 11 is 1.16. The average Bonchev–Trinajstić information content (AvgIpc) is 3.69. The van der Waals surface area contributed by atoms with Gasteiger partial charge in [-0.15, -0.1) is 0 Å². The van der Waals surface area contributed by atoms with Crippen molar-refractivity contribution in [3.63, 3.8) is 0 Å². The minimum absolute atomic E-state index is 0.0365. The molecule has 2 bridgehead atoms. The molecular formula is C20H23FN10O7P2S. The van der Waals surface area contributed by atoms with Gasteiger partial charge in [-0.25, -0.2) is 24.3 Å². The van der Waals surface area contributed by atoms with E-state index in [1.807, 2.05) is 0 Å². The van der Waals surface area contributed by atoms with E-state index in [0.717, 1.165) is 11.8 Å². The standard InChI is InChI=1S/C20H23FN10O7P2S/c21-8-6-2-39-37-19-11(32)12(18(41-19)31-5-27-10-15(31)28-20(23)29-16(10)33)38-40(34)35-1-7(6)36-17(8)30-4-26-9-13(22)24-3-25-14(9)30/h3-8,11-12,17-19,32,39-40H,1-2H2,(H2,22,24,25)(H3,23,28,29,33)/t6-,7-,8+,11+,12-,17-,18-,19?/m1/s1. The van der Waals surface area contributed by atoms with E-state index in [0.29, 0.717) is 11.2 Å². The molecule has 0 amide bonds. The number of aliphatic hydroxyl groups is 1. The second-order valence-electron chi connectivity index (χ2n) is 9.53. The third kappa shape index (κ3) is 4.60. The van der Waals surface area contributed by atoms with Crippen LogP contribution in [0.2, 0.25) is 0 Å². The van der Waals surface area contributed by atoms with E-state index in [-0.39, 0.29) is 44.5 Å². The first-order valence-corrected chi connectivity index (χ1v) is 15.6. The van der Waals surface area contributed by atoms with E-state index >= 15 is 4.39 Å². The molecule has 17 nitrogen and oxygen atoms in total. The third-order valence-corrected chi connectivity index (χ3v) is 10.7. The molecule has 0 spiro atoms. The molecule has 4 aromatic heterocycles. The Bertz CT molecular complexity index is 1710. The fourth-order valence-electron chi connectivity index (χ4n) is 5.17. The van der Waals surface area contributed by atoms with Gasteiger partial charge in [0.1, 0.15) is 34.9 Å². The number of aromatic amines is 1. The molecule has 7 heterocycles. The van der Waals surface area contributed by atoms with Gasteiger partial charge in [-0.2, -0.15) is 4.98 Å². The van der Waals surface area contributed by atoms with E-state index in [9.17, 15) is 14.5 Å². The number of ether oxygens (including phenoxy) is 1. The van der Waals surface area contributed by atoms with Crippen LogP contribution in [0.25, 0.3) is 22.3 Å². The van der Waals surface area contributed by atoms with Crippen molar-refractivity contribution in [1.82, 2.24) is 39.0 Å². The van der Waals surface area contributed by atoms with Gasteiger partial charge < -0.3 is 34.9 Å². The molecule has 6 N–H and O–H groups in total. The molecule has 0 radical (unpaired) electrons. The van der Waals surface area contributed by atoms with Crippen LogP contribution in [0, 0.1) is 5.92 Å². The largest absolute Gasteiger partial charge is 0.387 e. The summed E-state index contributed by atoms with van der Waals surface area (Å²) in [6, 6.07) is 0. The van der Waals surface area contributed by atoms with Gasteiger partial charge in [-0.1, -0.05) is 11.8 Å². The van der Waals surface area contributed by atoms with Gasteiger partial charge in [0.2, 0.25) is 5.95 Å². The molecule has 3 saturated heterocycles. The molecular weight excluding hydrogens is 605 g/mol. The zero-order valence-corrected chi connectivity index (χ0v) is 23.5. The number of H-pyrrole nitrogens is 1. The first-order valence-electron chi connectivity index (χ1n) is 12.3. The lowest BCUT2D eigenvalue weighted by molar-refractivity contribution is -0.0398. The number of thioether (sulfide) groups is 1. The van der Waals surface area contributed by atoms with Crippen LogP contribution in [0.15, 0.2) is 23.8 Å². The van der Waals surface area contributed by atoms with E-state index in [4.69, 9.17) is 29.8 Å². The molecule has 10 atom stereocenters. The molecule has 7 rings (SSSR count). The minimum atomic E-state index is -3.22. The number of imidazole rings is 2. The maximum atomic E-state index is 15.9. The maximum Gasteiger partial charge on any atom is 0.319 e. The number of nitrogen functional groups attached to an aromatic ring is 2. The van der Waals surface area contributed by atoms with Crippen LogP contribution < -0.4 is 17.0 Å². The summed E-state index contributed by atoms with van der Waals surface area (Å²) in [7, 11) is -3.46. The van der Waals surface area contributed by atoms with E-state index in [2.05, 4.69) is 29.9 Å².